The summed E-state index contributed by atoms with van der Waals surface area (Å²) in [6, 6.07) is 5.46. The van der Waals surface area contributed by atoms with Crippen molar-refractivity contribution in [2.45, 2.75) is 39.3 Å². The predicted molar refractivity (Wildman–Crippen MR) is 70.0 cm³/mol. The van der Waals surface area contributed by atoms with E-state index in [2.05, 4.69) is 18.7 Å². The number of hydrogen-bond acceptors (Lipinski definition) is 3. The Balaban J connectivity index is 2.40. The maximum atomic E-state index is 11.2. The van der Waals surface area contributed by atoms with Gasteiger partial charge in [0.25, 0.3) is 0 Å². The number of nitrogens with zero attached hydrogens (tertiary/aromatic N) is 1. The fourth-order valence-electron chi connectivity index (χ4n) is 2.73. The maximum absolute atomic E-state index is 11.2. The summed E-state index contributed by atoms with van der Waals surface area (Å²) in [7, 11) is 0. The number of hydrogen-bond donors (Lipinski definition) is 2. The topological polar surface area (TPSA) is 60.8 Å². The Kier molecular flexibility index (Phi) is 3.20. The van der Waals surface area contributed by atoms with Crippen molar-refractivity contribution in [3.63, 3.8) is 0 Å². The van der Waals surface area contributed by atoms with Gasteiger partial charge in [-0.2, -0.15) is 0 Å². The highest BCUT2D eigenvalue weighted by Crippen LogP contribution is 2.38. The number of phenols is 1. The van der Waals surface area contributed by atoms with E-state index in [9.17, 15) is 15.0 Å². The second-order valence-electron chi connectivity index (χ2n) is 5.21. The molecule has 18 heavy (non-hydrogen) atoms. The minimum absolute atomic E-state index is 0.0423. The van der Waals surface area contributed by atoms with Gasteiger partial charge in [-0.3, -0.25) is 4.79 Å². The number of aromatic hydroxyl groups is 1. The molecule has 2 N–H and O–H groups in total. The van der Waals surface area contributed by atoms with Gasteiger partial charge < -0.3 is 15.1 Å². The van der Waals surface area contributed by atoms with E-state index in [1.807, 2.05) is 6.07 Å². The highest BCUT2D eigenvalue weighted by Gasteiger charge is 2.37. The summed E-state index contributed by atoms with van der Waals surface area (Å²) in [5.41, 5.74) is 2.07. The first-order chi connectivity index (χ1) is 8.41. The van der Waals surface area contributed by atoms with E-state index >= 15 is 0 Å². The van der Waals surface area contributed by atoms with Gasteiger partial charge in [0.05, 0.1) is 5.92 Å². The van der Waals surface area contributed by atoms with Crippen LogP contribution in [-0.2, 0) is 11.2 Å². The number of anilines is 1. The molecule has 2 rings (SSSR count). The molecule has 0 radical (unpaired) electrons. The van der Waals surface area contributed by atoms with Crippen LogP contribution in [0.4, 0.5) is 5.69 Å². The van der Waals surface area contributed by atoms with Crippen LogP contribution in [0.2, 0.25) is 0 Å². The van der Waals surface area contributed by atoms with Gasteiger partial charge in [-0.25, -0.2) is 0 Å². The fourth-order valence-corrected chi connectivity index (χ4v) is 2.73. The molecule has 1 aromatic carbocycles. The molecular weight excluding hydrogens is 230 g/mol. The maximum Gasteiger partial charge on any atom is 0.308 e. The predicted octanol–water partition coefficient (Wildman–Crippen LogP) is 2.25. The average Bonchev–Trinajstić information content (AvgIpc) is 2.65. The quantitative estimate of drug-likeness (QED) is 0.862. The summed E-state index contributed by atoms with van der Waals surface area (Å²) in [4.78, 5) is 13.3. The minimum atomic E-state index is -0.775. The minimum Gasteiger partial charge on any atom is -0.508 e. The van der Waals surface area contributed by atoms with E-state index in [1.165, 1.54) is 0 Å². The summed E-state index contributed by atoms with van der Waals surface area (Å²) in [6.45, 7) is 5.86. The number of fused-ring (bicyclic) bond motifs is 1. The molecule has 4 nitrogen and oxygen atoms in total. The first kappa shape index (κ1) is 12.7. The Hall–Kier alpha value is -1.71. The number of carboxylic acids is 1. The van der Waals surface area contributed by atoms with Gasteiger partial charge in [0, 0.05) is 17.8 Å². The van der Waals surface area contributed by atoms with Gasteiger partial charge in [-0.15, -0.1) is 0 Å². The summed E-state index contributed by atoms with van der Waals surface area (Å²) in [6.07, 6.45) is 0.676. The Morgan fingerprint density at radius 3 is 2.61 bits per heavy atom. The number of phenolic OH excluding ortho intramolecular Hbond substituents is 1. The normalized spacial score (nSPS) is 20.0. The molecule has 0 amide bonds. The highest BCUT2D eigenvalue weighted by atomic mass is 16.4. The molecule has 0 bridgehead atoms. The molecule has 2 unspecified atom stereocenters. The molecule has 98 valence electrons. The number of carbonyl (C=O) groups is 1. The first-order valence-corrected chi connectivity index (χ1v) is 6.25. The van der Waals surface area contributed by atoms with Gasteiger partial charge in [-0.05, 0) is 51.0 Å². The average molecular weight is 249 g/mol. The van der Waals surface area contributed by atoms with Crippen LogP contribution in [0.25, 0.3) is 0 Å². The molecule has 0 saturated carbocycles. The zero-order chi connectivity index (χ0) is 13.4. The summed E-state index contributed by atoms with van der Waals surface area (Å²) in [5.74, 6) is -0.967. The standard InChI is InChI=1S/C14H19NO3/c1-8(2)15-12-5-4-11(16)6-10(12)7-13(15)9(3)14(17)18/h4-6,8-9,13,16H,7H2,1-3H3,(H,17,18). The van der Waals surface area contributed by atoms with Crippen LogP contribution in [0.1, 0.15) is 26.3 Å². The molecule has 1 aliphatic heterocycles. The first-order valence-electron chi connectivity index (χ1n) is 6.25. The van der Waals surface area contributed by atoms with Crippen LogP contribution < -0.4 is 4.90 Å². The molecule has 0 aromatic heterocycles. The molecule has 4 heteroatoms. The lowest BCUT2D eigenvalue weighted by molar-refractivity contribution is -0.141. The number of aliphatic carboxylic acids is 1. The molecule has 1 aliphatic rings. The van der Waals surface area contributed by atoms with Gasteiger partial charge in [0.2, 0.25) is 0 Å². The third kappa shape index (κ3) is 2.03. The Morgan fingerprint density at radius 1 is 1.39 bits per heavy atom. The van der Waals surface area contributed by atoms with Crippen molar-refractivity contribution in [3.8, 4) is 5.75 Å². The third-order valence-electron chi connectivity index (χ3n) is 3.65. The van der Waals surface area contributed by atoms with Crippen LogP contribution in [0.3, 0.4) is 0 Å². The summed E-state index contributed by atoms with van der Waals surface area (Å²) < 4.78 is 0. The fraction of sp³-hybridized carbons (Fsp3) is 0.500. The second kappa shape index (κ2) is 4.52. The summed E-state index contributed by atoms with van der Waals surface area (Å²) >= 11 is 0. The second-order valence-corrected chi connectivity index (χ2v) is 5.21. The van der Waals surface area contributed by atoms with Crippen molar-refractivity contribution in [1.29, 1.82) is 0 Å². The monoisotopic (exact) mass is 249 g/mol. The zero-order valence-corrected chi connectivity index (χ0v) is 10.9. The Morgan fingerprint density at radius 2 is 2.06 bits per heavy atom. The highest BCUT2D eigenvalue weighted by molar-refractivity contribution is 5.73. The van der Waals surface area contributed by atoms with Crippen molar-refractivity contribution in [1.82, 2.24) is 0 Å². The van der Waals surface area contributed by atoms with Crippen molar-refractivity contribution in [2.24, 2.45) is 5.92 Å². The lowest BCUT2D eigenvalue weighted by Gasteiger charge is -2.33. The van der Waals surface area contributed by atoms with Crippen molar-refractivity contribution >= 4 is 11.7 Å². The van der Waals surface area contributed by atoms with Crippen LogP contribution in [0.5, 0.6) is 5.75 Å². The van der Waals surface area contributed by atoms with E-state index in [-0.39, 0.29) is 17.8 Å². The number of rotatable bonds is 3. The van der Waals surface area contributed by atoms with E-state index < -0.39 is 11.9 Å². The zero-order valence-electron chi connectivity index (χ0n) is 10.9. The van der Waals surface area contributed by atoms with Crippen LogP contribution in [-0.4, -0.2) is 28.3 Å². The summed E-state index contributed by atoms with van der Waals surface area (Å²) in [5, 5.41) is 18.7. The van der Waals surface area contributed by atoms with Gasteiger partial charge in [-0.1, -0.05) is 0 Å². The smallest absolute Gasteiger partial charge is 0.308 e. The van der Waals surface area contributed by atoms with Crippen LogP contribution in [0.15, 0.2) is 18.2 Å². The molecule has 1 heterocycles. The Bertz CT molecular complexity index is 470. The van der Waals surface area contributed by atoms with Crippen LogP contribution in [0, 0.1) is 5.92 Å². The van der Waals surface area contributed by atoms with E-state index in [0.29, 0.717) is 6.42 Å². The molecule has 0 aliphatic carbocycles. The number of carboxylic acid groups (broad SMARTS) is 1. The molecule has 0 fully saturated rings. The molecule has 2 atom stereocenters. The SMILES string of the molecule is CC(C(=O)O)C1Cc2cc(O)ccc2N1C(C)C. The lowest BCUT2D eigenvalue weighted by atomic mass is 9.97. The molecular formula is C14H19NO3. The molecule has 0 saturated heterocycles. The third-order valence-corrected chi connectivity index (χ3v) is 3.65. The number of benzene rings is 1. The van der Waals surface area contributed by atoms with Gasteiger partial charge in [0.15, 0.2) is 0 Å². The van der Waals surface area contributed by atoms with E-state index in [0.717, 1.165) is 11.3 Å². The van der Waals surface area contributed by atoms with Crippen molar-refractivity contribution < 1.29 is 15.0 Å². The van der Waals surface area contributed by atoms with Gasteiger partial charge >= 0.3 is 5.97 Å². The van der Waals surface area contributed by atoms with Crippen molar-refractivity contribution in [2.75, 3.05) is 4.90 Å². The molecule has 0 spiro atoms. The van der Waals surface area contributed by atoms with Crippen molar-refractivity contribution in [3.05, 3.63) is 23.8 Å². The lowest BCUT2D eigenvalue weighted by Crippen LogP contribution is -2.44. The Labute approximate surface area is 107 Å². The van der Waals surface area contributed by atoms with E-state index in [1.54, 1.807) is 19.1 Å². The van der Waals surface area contributed by atoms with Gasteiger partial charge in [0.1, 0.15) is 5.75 Å². The molecule has 1 aromatic rings. The largest absolute Gasteiger partial charge is 0.508 e. The van der Waals surface area contributed by atoms with E-state index in [4.69, 9.17) is 0 Å². The van der Waals surface area contributed by atoms with Crippen LogP contribution >= 0.6 is 0 Å².